The molecule has 174 valence electrons. The number of pyridine rings is 1. The fourth-order valence-corrected chi connectivity index (χ4v) is 6.17. The zero-order valence-corrected chi connectivity index (χ0v) is 19.9. The molecule has 1 amide bonds. The van der Waals surface area contributed by atoms with Crippen LogP contribution in [0.15, 0.2) is 60.6 Å². The first-order valence-electron chi connectivity index (χ1n) is 12.1. The highest BCUT2D eigenvalue weighted by molar-refractivity contribution is 5.95. The van der Waals surface area contributed by atoms with Gasteiger partial charge in [0.05, 0.1) is 17.7 Å². The van der Waals surface area contributed by atoms with Crippen LogP contribution in [0, 0.1) is 31.6 Å². The minimum Gasteiger partial charge on any atom is -0.343 e. The topological polar surface area (TPSA) is 65.5 Å². The van der Waals surface area contributed by atoms with Gasteiger partial charge in [-0.25, -0.2) is 9.97 Å². The third-order valence-corrected chi connectivity index (χ3v) is 7.68. The Morgan fingerprint density at radius 2 is 1.71 bits per heavy atom. The predicted octanol–water partition coefficient (Wildman–Crippen LogP) is 3.20. The van der Waals surface area contributed by atoms with Crippen LogP contribution < -0.4 is 4.90 Å². The number of allylic oxidation sites excluding steroid dienone is 3. The SMILES string of the molecule is CC1=C(c2ccccn2)C(C(=O)N2C[C@@H]3CN(c4nc(C)cc(C)n4)C[C@@H]3C2)C2C=CC=CN12. The van der Waals surface area contributed by atoms with Crippen molar-refractivity contribution in [1.82, 2.24) is 24.8 Å². The highest BCUT2D eigenvalue weighted by Gasteiger charge is 2.48. The second kappa shape index (κ2) is 8.08. The molecule has 2 aromatic rings. The number of fused-ring (bicyclic) bond motifs is 2. The van der Waals surface area contributed by atoms with Gasteiger partial charge in [0.2, 0.25) is 11.9 Å². The molecule has 0 N–H and O–H groups in total. The van der Waals surface area contributed by atoms with Crippen LogP contribution in [0.2, 0.25) is 0 Å². The average Bonchev–Trinajstić information content (AvgIpc) is 3.49. The van der Waals surface area contributed by atoms with Crippen LogP contribution in [-0.2, 0) is 4.79 Å². The summed E-state index contributed by atoms with van der Waals surface area (Å²) in [4.78, 5) is 34.6. The van der Waals surface area contributed by atoms with E-state index < -0.39 is 0 Å². The van der Waals surface area contributed by atoms with Crippen LogP contribution in [0.4, 0.5) is 5.95 Å². The summed E-state index contributed by atoms with van der Waals surface area (Å²) in [6.45, 7) is 9.54. The highest BCUT2D eigenvalue weighted by Crippen LogP contribution is 2.44. The van der Waals surface area contributed by atoms with Crippen LogP contribution in [-0.4, -0.2) is 62.9 Å². The van der Waals surface area contributed by atoms with Crippen LogP contribution in [0.1, 0.15) is 24.0 Å². The molecule has 2 aromatic heterocycles. The van der Waals surface area contributed by atoms with E-state index in [-0.39, 0.29) is 17.9 Å². The van der Waals surface area contributed by atoms with Gasteiger partial charge in [-0.1, -0.05) is 18.2 Å². The summed E-state index contributed by atoms with van der Waals surface area (Å²) < 4.78 is 0. The van der Waals surface area contributed by atoms with Gasteiger partial charge in [0.1, 0.15) is 0 Å². The van der Waals surface area contributed by atoms with E-state index in [2.05, 4.69) is 54.9 Å². The maximum Gasteiger partial charge on any atom is 0.232 e. The Kier molecular flexibility index (Phi) is 5.01. The van der Waals surface area contributed by atoms with E-state index in [1.807, 2.05) is 50.4 Å². The van der Waals surface area contributed by atoms with Crippen LogP contribution >= 0.6 is 0 Å². The molecule has 7 nitrogen and oxygen atoms in total. The molecule has 4 atom stereocenters. The van der Waals surface area contributed by atoms with Crippen molar-refractivity contribution in [2.24, 2.45) is 17.8 Å². The normalized spacial score (nSPS) is 27.6. The van der Waals surface area contributed by atoms with Crippen molar-refractivity contribution in [3.8, 4) is 0 Å². The number of carbonyl (C=O) groups is 1. The van der Waals surface area contributed by atoms with Crippen molar-refractivity contribution in [2.45, 2.75) is 26.8 Å². The van der Waals surface area contributed by atoms with Crippen molar-refractivity contribution in [3.05, 3.63) is 77.7 Å². The average molecular weight is 455 g/mol. The third kappa shape index (κ3) is 3.42. The first kappa shape index (κ1) is 21.1. The van der Waals surface area contributed by atoms with E-state index >= 15 is 0 Å². The monoisotopic (exact) mass is 454 g/mol. The Morgan fingerprint density at radius 3 is 2.38 bits per heavy atom. The van der Waals surface area contributed by atoms with E-state index in [0.29, 0.717) is 11.8 Å². The Balaban J connectivity index is 1.23. The smallest absolute Gasteiger partial charge is 0.232 e. The van der Waals surface area contributed by atoms with Gasteiger partial charge in [-0.05, 0) is 45.0 Å². The van der Waals surface area contributed by atoms with E-state index in [1.54, 1.807) is 0 Å². The largest absolute Gasteiger partial charge is 0.343 e. The van der Waals surface area contributed by atoms with Gasteiger partial charge in [0, 0.05) is 73.1 Å². The number of aromatic nitrogens is 3. The van der Waals surface area contributed by atoms with Gasteiger partial charge < -0.3 is 14.7 Å². The van der Waals surface area contributed by atoms with Crippen LogP contribution in [0.25, 0.3) is 5.57 Å². The van der Waals surface area contributed by atoms with E-state index in [1.165, 1.54) is 0 Å². The number of carbonyl (C=O) groups excluding carboxylic acids is 1. The summed E-state index contributed by atoms with van der Waals surface area (Å²) in [6, 6.07) is 7.96. The van der Waals surface area contributed by atoms with E-state index in [0.717, 1.165) is 60.5 Å². The van der Waals surface area contributed by atoms with Gasteiger partial charge in [-0.3, -0.25) is 9.78 Å². The van der Waals surface area contributed by atoms with Gasteiger partial charge >= 0.3 is 0 Å². The predicted molar refractivity (Wildman–Crippen MR) is 132 cm³/mol. The van der Waals surface area contributed by atoms with Crippen molar-refractivity contribution in [3.63, 3.8) is 0 Å². The fraction of sp³-hybridized carbons (Fsp3) is 0.407. The van der Waals surface area contributed by atoms with Crippen LogP contribution in [0.5, 0.6) is 0 Å². The first-order chi connectivity index (χ1) is 16.5. The molecule has 4 aliphatic rings. The lowest BCUT2D eigenvalue weighted by Gasteiger charge is -2.30. The Morgan fingerprint density at radius 1 is 0.971 bits per heavy atom. The minimum absolute atomic E-state index is 0.00937. The molecule has 4 aliphatic heterocycles. The number of likely N-dealkylation sites (tertiary alicyclic amines) is 1. The lowest BCUT2D eigenvalue weighted by Crippen LogP contribution is -2.43. The highest BCUT2D eigenvalue weighted by atomic mass is 16.2. The molecular weight excluding hydrogens is 424 g/mol. The number of anilines is 1. The molecule has 0 aromatic carbocycles. The van der Waals surface area contributed by atoms with Gasteiger partial charge in [-0.15, -0.1) is 0 Å². The third-order valence-electron chi connectivity index (χ3n) is 7.68. The summed E-state index contributed by atoms with van der Waals surface area (Å²) in [7, 11) is 0. The summed E-state index contributed by atoms with van der Waals surface area (Å²) in [6.07, 6.45) is 10.1. The summed E-state index contributed by atoms with van der Waals surface area (Å²) in [5.41, 5.74) is 5.06. The summed E-state index contributed by atoms with van der Waals surface area (Å²) in [5, 5.41) is 0. The molecule has 2 unspecified atom stereocenters. The van der Waals surface area contributed by atoms with Crippen LogP contribution in [0.3, 0.4) is 0 Å². The van der Waals surface area contributed by atoms with Gasteiger partial charge in [0.25, 0.3) is 0 Å². The van der Waals surface area contributed by atoms with Crippen molar-refractivity contribution < 1.29 is 4.79 Å². The Bertz CT molecular complexity index is 1180. The standard InChI is InChI=1S/C27H30N6O/c1-17-12-18(2)30-27(29-17)32-15-20-13-31(14-21(20)16-32)26(34)25-23-9-5-7-11-33(23)19(3)24(25)22-8-4-6-10-28-22/h4-12,20-21,23,25H,13-16H2,1-3H3/t20-,21+,23?,25?. The number of aryl methyl sites for hydroxylation is 2. The molecule has 6 heterocycles. The maximum atomic E-state index is 14.0. The number of nitrogens with zero attached hydrogens (tertiary/aromatic N) is 6. The van der Waals surface area contributed by atoms with Gasteiger partial charge in [-0.2, -0.15) is 0 Å². The Hall–Kier alpha value is -3.48. The number of hydrogen-bond donors (Lipinski definition) is 0. The van der Waals surface area contributed by atoms with Gasteiger partial charge in [0.15, 0.2) is 0 Å². The zero-order valence-electron chi connectivity index (χ0n) is 19.9. The minimum atomic E-state index is -0.242. The summed E-state index contributed by atoms with van der Waals surface area (Å²) in [5.74, 6) is 1.71. The van der Waals surface area contributed by atoms with Crippen molar-refractivity contribution in [1.29, 1.82) is 0 Å². The zero-order chi connectivity index (χ0) is 23.4. The van der Waals surface area contributed by atoms with Crippen molar-refractivity contribution in [2.75, 3.05) is 31.1 Å². The number of amides is 1. The first-order valence-corrected chi connectivity index (χ1v) is 12.1. The Labute approximate surface area is 200 Å². The molecule has 0 spiro atoms. The molecule has 2 saturated heterocycles. The molecule has 6 rings (SSSR count). The number of hydrogen-bond acceptors (Lipinski definition) is 6. The molecule has 0 radical (unpaired) electrons. The van der Waals surface area contributed by atoms with E-state index in [9.17, 15) is 4.79 Å². The molecule has 0 saturated carbocycles. The molecular formula is C27H30N6O. The lowest BCUT2D eigenvalue weighted by atomic mass is 9.89. The molecule has 0 aliphatic carbocycles. The van der Waals surface area contributed by atoms with E-state index in [4.69, 9.17) is 0 Å². The molecule has 7 heteroatoms. The number of rotatable bonds is 3. The quantitative estimate of drug-likeness (QED) is 0.710. The second-order valence-corrected chi connectivity index (χ2v) is 9.94. The maximum absolute atomic E-state index is 14.0. The lowest BCUT2D eigenvalue weighted by molar-refractivity contribution is -0.133. The second-order valence-electron chi connectivity index (χ2n) is 9.94. The summed E-state index contributed by atoms with van der Waals surface area (Å²) >= 11 is 0. The van der Waals surface area contributed by atoms with Crippen molar-refractivity contribution >= 4 is 17.4 Å². The molecule has 0 bridgehead atoms. The molecule has 34 heavy (non-hydrogen) atoms. The fourth-order valence-electron chi connectivity index (χ4n) is 6.17. The molecule has 2 fully saturated rings.